The lowest BCUT2D eigenvalue weighted by atomic mass is 9.93. The van der Waals surface area contributed by atoms with Gasteiger partial charge in [-0.3, -0.25) is 4.79 Å². The molecule has 86 valence electrons. The van der Waals surface area contributed by atoms with Gasteiger partial charge in [0.1, 0.15) is 0 Å². The number of nitrogens with zero attached hydrogens (tertiary/aromatic N) is 1. The summed E-state index contributed by atoms with van der Waals surface area (Å²) in [5.74, 6) is 0.838. The Labute approximate surface area is 93.3 Å². The fourth-order valence-electron chi connectivity index (χ4n) is 1.73. The fraction of sp³-hybridized carbons (Fsp3) is 0.769. The number of carbonyl (C=O) groups excluding carboxylic acids is 1. The molecule has 0 aromatic heterocycles. The number of piperidine rings is 1. The van der Waals surface area contributed by atoms with Crippen LogP contribution in [0.1, 0.15) is 40.0 Å². The van der Waals surface area contributed by atoms with Crippen LogP contribution < -0.4 is 0 Å². The fourth-order valence-corrected chi connectivity index (χ4v) is 1.73. The van der Waals surface area contributed by atoms with Crippen molar-refractivity contribution in [3.8, 4) is 0 Å². The van der Waals surface area contributed by atoms with E-state index < -0.39 is 0 Å². The van der Waals surface area contributed by atoms with E-state index in [1.165, 1.54) is 19.3 Å². The summed E-state index contributed by atoms with van der Waals surface area (Å²) >= 11 is 0. The third-order valence-corrected chi connectivity index (χ3v) is 3.29. The zero-order valence-corrected chi connectivity index (χ0v) is 10.2. The van der Waals surface area contributed by atoms with E-state index in [1.54, 1.807) is 6.08 Å². The Morgan fingerprint density at radius 2 is 1.73 bits per heavy atom. The second-order valence-corrected chi connectivity index (χ2v) is 4.85. The molecular weight excluding hydrogens is 186 g/mol. The van der Waals surface area contributed by atoms with E-state index >= 15 is 0 Å². The molecule has 1 atom stereocenters. The topological polar surface area (TPSA) is 20.3 Å². The van der Waals surface area contributed by atoms with Crippen LogP contribution in [0.3, 0.4) is 0 Å². The number of rotatable bonds is 4. The minimum absolute atomic E-state index is 0.144. The Hall–Kier alpha value is -0.790. The number of ketones is 1. The predicted octanol–water partition coefficient (Wildman–Crippen LogP) is 2.85. The SMILES string of the molecule is CC(C)C(C)C(=O)/C=C/N1CCCCC1. The van der Waals surface area contributed by atoms with Crippen LogP contribution in [0.5, 0.6) is 0 Å². The maximum Gasteiger partial charge on any atom is 0.160 e. The molecule has 1 saturated heterocycles. The molecule has 1 aliphatic rings. The van der Waals surface area contributed by atoms with Gasteiger partial charge in [0.15, 0.2) is 5.78 Å². The molecule has 0 aromatic carbocycles. The third-order valence-electron chi connectivity index (χ3n) is 3.29. The summed E-state index contributed by atoms with van der Waals surface area (Å²) in [7, 11) is 0. The first-order chi connectivity index (χ1) is 7.11. The van der Waals surface area contributed by atoms with Crippen molar-refractivity contribution in [3.05, 3.63) is 12.3 Å². The van der Waals surface area contributed by atoms with Gasteiger partial charge in [0.25, 0.3) is 0 Å². The van der Waals surface area contributed by atoms with Crippen molar-refractivity contribution < 1.29 is 4.79 Å². The molecule has 15 heavy (non-hydrogen) atoms. The van der Waals surface area contributed by atoms with Gasteiger partial charge in [-0.2, -0.15) is 0 Å². The zero-order valence-electron chi connectivity index (χ0n) is 10.2. The van der Waals surface area contributed by atoms with Crippen LogP contribution in [0.15, 0.2) is 12.3 Å². The molecule has 0 bridgehead atoms. The Kier molecular flexibility index (Phi) is 4.86. The van der Waals surface area contributed by atoms with E-state index in [0.717, 1.165) is 13.1 Å². The van der Waals surface area contributed by atoms with Gasteiger partial charge in [-0.15, -0.1) is 0 Å². The van der Waals surface area contributed by atoms with Crippen LogP contribution in [0.4, 0.5) is 0 Å². The standard InChI is InChI=1S/C13H23NO/c1-11(2)12(3)13(15)7-10-14-8-5-4-6-9-14/h7,10-12H,4-6,8-9H2,1-3H3/b10-7+. The second-order valence-electron chi connectivity index (χ2n) is 4.85. The van der Waals surface area contributed by atoms with Crippen LogP contribution in [-0.2, 0) is 4.79 Å². The smallest absolute Gasteiger partial charge is 0.160 e. The van der Waals surface area contributed by atoms with Gasteiger partial charge in [0.05, 0.1) is 0 Å². The van der Waals surface area contributed by atoms with E-state index in [2.05, 4.69) is 18.7 Å². The molecule has 2 nitrogen and oxygen atoms in total. The van der Waals surface area contributed by atoms with Gasteiger partial charge < -0.3 is 4.90 Å². The maximum absolute atomic E-state index is 11.7. The molecule has 0 amide bonds. The van der Waals surface area contributed by atoms with Gasteiger partial charge in [0, 0.05) is 25.2 Å². The lowest BCUT2D eigenvalue weighted by Crippen LogP contribution is -2.25. The van der Waals surface area contributed by atoms with E-state index in [0.29, 0.717) is 5.92 Å². The predicted molar refractivity (Wildman–Crippen MR) is 63.6 cm³/mol. The van der Waals surface area contributed by atoms with Crippen molar-refractivity contribution in [1.29, 1.82) is 0 Å². The zero-order chi connectivity index (χ0) is 11.3. The average Bonchev–Trinajstić information content (AvgIpc) is 2.26. The molecule has 2 heteroatoms. The Bertz CT molecular complexity index is 227. The Balaban J connectivity index is 2.38. The van der Waals surface area contributed by atoms with Crippen molar-refractivity contribution in [1.82, 2.24) is 4.90 Å². The summed E-state index contributed by atoms with van der Waals surface area (Å²) in [5.41, 5.74) is 0. The van der Waals surface area contributed by atoms with Crippen molar-refractivity contribution in [3.63, 3.8) is 0 Å². The minimum Gasteiger partial charge on any atom is -0.377 e. The van der Waals surface area contributed by atoms with Gasteiger partial charge >= 0.3 is 0 Å². The number of allylic oxidation sites excluding steroid dienone is 1. The molecule has 0 aromatic rings. The van der Waals surface area contributed by atoms with Crippen molar-refractivity contribution in [2.75, 3.05) is 13.1 Å². The highest BCUT2D eigenvalue weighted by Gasteiger charge is 2.14. The van der Waals surface area contributed by atoms with Crippen LogP contribution in [0.25, 0.3) is 0 Å². The molecule has 1 unspecified atom stereocenters. The first kappa shape index (κ1) is 12.3. The number of hydrogen-bond donors (Lipinski definition) is 0. The second kappa shape index (κ2) is 5.94. The average molecular weight is 209 g/mol. The number of carbonyl (C=O) groups is 1. The lowest BCUT2D eigenvalue weighted by Gasteiger charge is -2.24. The van der Waals surface area contributed by atoms with Crippen molar-refractivity contribution in [2.24, 2.45) is 11.8 Å². The van der Waals surface area contributed by atoms with E-state index in [9.17, 15) is 4.79 Å². The summed E-state index contributed by atoms with van der Waals surface area (Å²) < 4.78 is 0. The number of likely N-dealkylation sites (tertiary alicyclic amines) is 1. The summed E-state index contributed by atoms with van der Waals surface area (Å²) in [6, 6.07) is 0. The van der Waals surface area contributed by atoms with Gasteiger partial charge in [-0.25, -0.2) is 0 Å². The Morgan fingerprint density at radius 3 is 2.27 bits per heavy atom. The molecule has 0 N–H and O–H groups in total. The molecule has 0 radical (unpaired) electrons. The quantitative estimate of drug-likeness (QED) is 0.664. The molecule has 1 fully saturated rings. The van der Waals surface area contributed by atoms with Crippen molar-refractivity contribution in [2.45, 2.75) is 40.0 Å². The van der Waals surface area contributed by atoms with Crippen LogP contribution in [0.2, 0.25) is 0 Å². The Morgan fingerprint density at radius 1 is 1.13 bits per heavy atom. The van der Waals surface area contributed by atoms with Crippen LogP contribution >= 0.6 is 0 Å². The van der Waals surface area contributed by atoms with Crippen molar-refractivity contribution >= 4 is 5.78 Å². The molecule has 1 heterocycles. The van der Waals surface area contributed by atoms with E-state index in [1.807, 2.05) is 13.1 Å². The summed E-state index contributed by atoms with van der Waals surface area (Å²) in [6.07, 6.45) is 7.60. The summed E-state index contributed by atoms with van der Waals surface area (Å²) in [4.78, 5) is 14.0. The number of hydrogen-bond acceptors (Lipinski definition) is 2. The first-order valence-corrected chi connectivity index (χ1v) is 6.07. The molecule has 0 aliphatic carbocycles. The van der Waals surface area contributed by atoms with Gasteiger partial charge in [-0.1, -0.05) is 20.8 Å². The third kappa shape index (κ3) is 4.06. The highest BCUT2D eigenvalue weighted by atomic mass is 16.1. The largest absolute Gasteiger partial charge is 0.377 e. The first-order valence-electron chi connectivity index (χ1n) is 6.07. The van der Waals surface area contributed by atoms with E-state index in [-0.39, 0.29) is 11.7 Å². The molecule has 1 aliphatic heterocycles. The van der Waals surface area contributed by atoms with Crippen LogP contribution in [-0.4, -0.2) is 23.8 Å². The monoisotopic (exact) mass is 209 g/mol. The minimum atomic E-state index is 0.144. The normalized spacial score (nSPS) is 19.9. The summed E-state index contributed by atoms with van der Waals surface area (Å²) in [6.45, 7) is 8.42. The van der Waals surface area contributed by atoms with Gasteiger partial charge in [-0.05, 0) is 31.3 Å². The molecule has 0 spiro atoms. The highest BCUT2D eigenvalue weighted by molar-refractivity contribution is 5.91. The summed E-state index contributed by atoms with van der Waals surface area (Å²) in [5, 5.41) is 0. The molecular formula is C13H23NO. The highest BCUT2D eigenvalue weighted by Crippen LogP contribution is 2.13. The molecule has 1 rings (SSSR count). The van der Waals surface area contributed by atoms with E-state index in [4.69, 9.17) is 0 Å². The molecule has 0 saturated carbocycles. The lowest BCUT2D eigenvalue weighted by molar-refractivity contribution is -0.118. The van der Waals surface area contributed by atoms with Gasteiger partial charge in [0.2, 0.25) is 0 Å². The van der Waals surface area contributed by atoms with Crippen LogP contribution in [0, 0.1) is 11.8 Å². The maximum atomic E-state index is 11.7.